The summed E-state index contributed by atoms with van der Waals surface area (Å²) >= 11 is 0. The topological polar surface area (TPSA) is 112 Å². The molecule has 2 heterocycles. The molecule has 2 aliphatic rings. The lowest BCUT2D eigenvalue weighted by atomic mass is 10.2. The highest BCUT2D eigenvalue weighted by molar-refractivity contribution is 7.92. The molecule has 1 aliphatic carbocycles. The van der Waals surface area contributed by atoms with Crippen LogP contribution in [0.25, 0.3) is 0 Å². The average Bonchev–Trinajstić information content (AvgIpc) is 3.46. The normalized spacial score (nSPS) is 21.3. The molecule has 37 heavy (non-hydrogen) atoms. The van der Waals surface area contributed by atoms with E-state index in [2.05, 4.69) is 10.3 Å². The van der Waals surface area contributed by atoms with Crippen LogP contribution < -0.4 is 10.2 Å². The summed E-state index contributed by atoms with van der Waals surface area (Å²) in [5, 5.41) is 9.76. The summed E-state index contributed by atoms with van der Waals surface area (Å²) in [4.78, 5) is 15.9. The summed E-state index contributed by atoms with van der Waals surface area (Å²) in [6.07, 6.45) is -11.8. The third kappa shape index (κ3) is 5.29. The van der Waals surface area contributed by atoms with Gasteiger partial charge in [0.05, 0.1) is 27.3 Å². The molecule has 1 aromatic heterocycles. The van der Waals surface area contributed by atoms with Crippen molar-refractivity contribution in [2.75, 3.05) is 11.4 Å². The van der Waals surface area contributed by atoms with Gasteiger partial charge < -0.3 is 15.0 Å². The SMILES string of the molecule is N#CC1(NC(=O)O[C@H]2C[C@@H](S(=O)(=O)c3ccccc3C(F)(F)F)CN2c2ncccc2C(F)(F)F)CC1. The summed E-state index contributed by atoms with van der Waals surface area (Å²) in [5.41, 5.74) is -3.88. The van der Waals surface area contributed by atoms with Gasteiger partial charge in [-0.3, -0.25) is 0 Å². The van der Waals surface area contributed by atoms with E-state index < -0.39 is 80.1 Å². The Hall–Kier alpha value is -3.54. The van der Waals surface area contributed by atoms with E-state index in [0.29, 0.717) is 25.0 Å². The maximum absolute atomic E-state index is 13.7. The van der Waals surface area contributed by atoms with Gasteiger partial charge in [0.2, 0.25) is 0 Å². The number of anilines is 1. The predicted octanol–water partition coefficient (Wildman–Crippen LogP) is 4.28. The van der Waals surface area contributed by atoms with E-state index >= 15 is 0 Å². The Balaban J connectivity index is 1.72. The molecule has 4 rings (SSSR count). The van der Waals surface area contributed by atoms with Gasteiger partial charge in [-0.05, 0) is 37.1 Å². The molecule has 0 unspecified atom stereocenters. The number of nitriles is 1. The molecule has 1 amide bonds. The van der Waals surface area contributed by atoms with Gasteiger partial charge in [-0.25, -0.2) is 18.2 Å². The third-order valence-corrected chi connectivity index (χ3v) is 8.25. The number of carbonyl (C=O) groups is 1. The number of pyridine rings is 1. The zero-order valence-electron chi connectivity index (χ0n) is 18.7. The largest absolute Gasteiger partial charge is 0.425 e. The van der Waals surface area contributed by atoms with Gasteiger partial charge in [0.15, 0.2) is 16.1 Å². The zero-order chi connectivity index (χ0) is 27.2. The molecule has 1 N–H and O–H groups in total. The fraction of sp³-hybridized carbons (Fsp3) is 0.409. The van der Waals surface area contributed by atoms with Crippen LogP contribution in [0.15, 0.2) is 47.5 Å². The number of nitrogens with one attached hydrogen (secondary N) is 1. The van der Waals surface area contributed by atoms with Crippen molar-refractivity contribution in [3.05, 3.63) is 53.7 Å². The van der Waals surface area contributed by atoms with Crippen LogP contribution in [0, 0.1) is 11.3 Å². The van der Waals surface area contributed by atoms with Crippen LogP contribution in [0.4, 0.5) is 37.0 Å². The van der Waals surface area contributed by atoms with E-state index in [-0.39, 0.29) is 0 Å². The molecule has 198 valence electrons. The number of halogens is 6. The van der Waals surface area contributed by atoms with Crippen molar-refractivity contribution in [3.63, 3.8) is 0 Å². The van der Waals surface area contributed by atoms with Gasteiger partial charge in [0.25, 0.3) is 0 Å². The first-order valence-corrected chi connectivity index (χ1v) is 12.3. The highest BCUT2D eigenvalue weighted by Crippen LogP contribution is 2.42. The van der Waals surface area contributed by atoms with Gasteiger partial charge in [0.1, 0.15) is 11.4 Å². The van der Waals surface area contributed by atoms with Crippen molar-refractivity contribution in [3.8, 4) is 6.07 Å². The van der Waals surface area contributed by atoms with E-state index in [1.165, 1.54) is 0 Å². The van der Waals surface area contributed by atoms with Crippen molar-refractivity contribution in [1.82, 2.24) is 10.3 Å². The minimum atomic E-state index is -5.02. The van der Waals surface area contributed by atoms with Crippen molar-refractivity contribution < 1.29 is 44.3 Å². The minimum Gasteiger partial charge on any atom is -0.425 e. The van der Waals surface area contributed by atoms with Gasteiger partial charge in [-0.1, -0.05) is 12.1 Å². The summed E-state index contributed by atoms with van der Waals surface area (Å²) in [6.45, 7) is -0.740. The third-order valence-electron chi connectivity index (χ3n) is 6.06. The minimum absolute atomic E-state index is 0.316. The van der Waals surface area contributed by atoms with Crippen molar-refractivity contribution >= 4 is 21.7 Å². The predicted molar refractivity (Wildman–Crippen MR) is 115 cm³/mol. The molecule has 8 nitrogen and oxygen atoms in total. The Morgan fingerprint density at radius 3 is 2.30 bits per heavy atom. The summed E-state index contributed by atoms with van der Waals surface area (Å²) in [6, 6.07) is 7.00. The Bertz CT molecular complexity index is 1350. The lowest BCUT2D eigenvalue weighted by Crippen LogP contribution is -2.42. The molecule has 0 bridgehead atoms. The molecular weight excluding hydrogens is 530 g/mol. The number of alkyl halides is 6. The van der Waals surface area contributed by atoms with Gasteiger partial charge in [-0.2, -0.15) is 31.6 Å². The van der Waals surface area contributed by atoms with E-state index in [1.54, 1.807) is 0 Å². The van der Waals surface area contributed by atoms with Crippen LogP contribution in [0.1, 0.15) is 30.4 Å². The van der Waals surface area contributed by atoms with Gasteiger partial charge >= 0.3 is 18.4 Å². The highest BCUT2D eigenvalue weighted by atomic mass is 32.2. The number of nitrogens with zero attached hydrogens (tertiary/aromatic N) is 3. The van der Waals surface area contributed by atoms with Crippen LogP contribution in [-0.2, 0) is 26.9 Å². The number of amides is 1. The monoisotopic (exact) mass is 548 g/mol. The number of hydrogen-bond donors (Lipinski definition) is 1. The van der Waals surface area contributed by atoms with Crippen molar-refractivity contribution in [2.45, 2.75) is 53.5 Å². The van der Waals surface area contributed by atoms with Gasteiger partial charge in [0, 0.05) is 19.2 Å². The zero-order valence-corrected chi connectivity index (χ0v) is 19.5. The summed E-state index contributed by atoms with van der Waals surface area (Å²) in [5.74, 6) is -0.754. The second-order valence-electron chi connectivity index (χ2n) is 8.60. The van der Waals surface area contributed by atoms with E-state index in [0.717, 1.165) is 35.4 Å². The molecular formula is C22H18F6N4O4S. The molecule has 1 saturated heterocycles. The smallest absolute Gasteiger partial charge is 0.419 e. The summed E-state index contributed by atoms with van der Waals surface area (Å²) < 4.78 is 113. The Kier molecular flexibility index (Phi) is 6.51. The van der Waals surface area contributed by atoms with Crippen LogP contribution in [0.5, 0.6) is 0 Å². The van der Waals surface area contributed by atoms with Crippen LogP contribution >= 0.6 is 0 Å². The first-order chi connectivity index (χ1) is 17.2. The lowest BCUT2D eigenvalue weighted by Gasteiger charge is -2.27. The first kappa shape index (κ1) is 26.5. The van der Waals surface area contributed by atoms with Crippen LogP contribution in [-0.4, -0.2) is 43.1 Å². The highest BCUT2D eigenvalue weighted by Gasteiger charge is 2.49. The molecule has 15 heteroatoms. The number of carbonyl (C=O) groups excluding carboxylic acids is 1. The van der Waals surface area contributed by atoms with E-state index in [9.17, 15) is 39.6 Å². The van der Waals surface area contributed by atoms with Crippen LogP contribution in [0.2, 0.25) is 0 Å². The van der Waals surface area contributed by atoms with Crippen LogP contribution in [0.3, 0.4) is 0 Å². The molecule has 1 saturated carbocycles. The van der Waals surface area contributed by atoms with Gasteiger partial charge in [-0.15, -0.1) is 0 Å². The molecule has 0 radical (unpaired) electrons. The lowest BCUT2D eigenvalue weighted by molar-refractivity contribution is -0.140. The number of sulfone groups is 1. The number of aromatic nitrogens is 1. The molecule has 1 aliphatic heterocycles. The molecule has 2 aromatic rings. The maximum Gasteiger partial charge on any atom is 0.419 e. The molecule has 1 aromatic carbocycles. The fourth-order valence-electron chi connectivity index (χ4n) is 4.04. The van der Waals surface area contributed by atoms with Crippen molar-refractivity contribution in [2.24, 2.45) is 0 Å². The molecule has 0 spiro atoms. The first-order valence-electron chi connectivity index (χ1n) is 10.8. The Labute approximate surface area is 206 Å². The number of benzene rings is 1. The molecule has 2 atom stereocenters. The Morgan fingerprint density at radius 2 is 1.70 bits per heavy atom. The fourth-order valence-corrected chi connectivity index (χ4v) is 5.93. The second-order valence-corrected chi connectivity index (χ2v) is 10.8. The molecule has 2 fully saturated rings. The van der Waals surface area contributed by atoms with E-state index in [4.69, 9.17) is 10.00 Å². The average molecular weight is 548 g/mol. The standard InChI is InChI=1S/C22H18F6N4O4S/c23-21(24,25)14-4-1-2-6-16(14)37(34,35)13-10-17(36-19(33)31-20(12-29)7-8-20)32(11-13)18-15(22(26,27)28)5-3-9-30-18/h1-6,9,13,17H,7-8,10-11H2,(H,31,33)/t13-,17+/m1/s1. The quantitative estimate of drug-likeness (QED) is 0.555. The van der Waals surface area contributed by atoms with E-state index in [1.807, 2.05) is 6.07 Å². The number of ether oxygens (including phenoxy) is 1. The maximum atomic E-state index is 13.7. The number of alkyl carbamates (subject to hydrolysis) is 1. The Morgan fingerprint density at radius 1 is 1.08 bits per heavy atom. The number of hydrogen-bond acceptors (Lipinski definition) is 7. The number of rotatable bonds is 5. The summed E-state index contributed by atoms with van der Waals surface area (Å²) in [7, 11) is -4.77. The van der Waals surface area contributed by atoms with Crippen molar-refractivity contribution in [1.29, 1.82) is 5.26 Å². The second kappa shape index (κ2) is 9.09.